The van der Waals surface area contributed by atoms with Gasteiger partial charge >= 0.3 is 0 Å². The van der Waals surface area contributed by atoms with Crippen molar-refractivity contribution in [3.8, 4) is 23.0 Å². The number of nitrogens with one attached hydrogen (secondary N) is 1. The van der Waals surface area contributed by atoms with E-state index in [1.54, 1.807) is 24.4 Å². The number of hydrogen-bond donors (Lipinski definition) is 1. The molecule has 0 radical (unpaired) electrons. The number of methoxy groups -OCH3 is 1. The fourth-order valence-corrected chi connectivity index (χ4v) is 4.37. The Hall–Kier alpha value is -4.30. The molecule has 0 unspecified atom stereocenters. The molecule has 0 aromatic heterocycles. The van der Waals surface area contributed by atoms with Crippen LogP contribution in [0.1, 0.15) is 39.5 Å². The molecule has 0 fully saturated rings. The first-order valence-electron chi connectivity index (χ1n) is 12.8. The lowest BCUT2D eigenvalue weighted by Gasteiger charge is -2.15. The Kier molecular flexibility index (Phi) is 10.2. The molecule has 206 valence electrons. The predicted octanol–water partition coefficient (Wildman–Crippen LogP) is 7.09. The molecule has 4 aromatic carbocycles. The average molecular weight is 604 g/mol. The molecule has 0 aliphatic rings. The van der Waals surface area contributed by atoms with Crippen molar-refractivity contribution in [2.24, 2.45) is 5.10 Å². The summed E-state index contributed by atoms with van der Waals surface area (Å²) >= 11 is 3.58. The highest BCUT2D eigenvalue weighted by Gasteiger charge is 2.14. The highest BCUT2D eigenvalue weighted by Crippen LogP contribution is 2.37. The van der Waals surface area contributed by atoms with E-state index in [1.165, 1.54) is 12.7 Å². The van der Waals surface area contributed by atoms with Gasteiger partial charge in [-0.2, -0.15) is 5.10 Å². The number of benzene rings is 4. The first kappa shape index (κ1) is 28.7. The van der Waals surface area contributed by atoms with Crippen LogP contribution >= 0.6 is 15.9 Å². The topological polar surface area (TPSA) is 78.4 Å². The third kappa shape index (κ3) is 7.86. The number of amides is 1. The number of halogens is 1. The van der Waals surface area contributed by atoms with E-state index in [0.717, 1.165) is 16.7 Å². The number of nitrogens with zero attached hydrogens (tertiary/aromatic N) is 1. The van der Waals surface area contributed by atoms with E-state index < -0.39 is 0 Å². The van der Waals surface area contributed by atoms with Gasteiger partial charge in [0.05, 0.1) is 24.4 Å². The number of carbonyl (C=O) groups excluding carboxylic acids is 1. The lowest BCUT2D eigenvalue weighted by Crippen LogP contribution is -2.17. The SMILES string of the molecule is CCOc1cc(/C=N/NC(=O)c2ccc(OCc3ccccc3)c(OC)c2)cc(Br)c1OCc1ccc(C)cc1. The highest BCUT2D eigenvalue weighted by molar-refractivity contribution is 9.10. The van der Waals surface area contributed by atoms with Crippen molar-refractivity contribution in [2.75, 3.05) is 13.7 Å². The second-order valence-electron chi connectivity index (χ2n) is 8.88. The molecule has 0 heterocycles. The van der Waals surface area contributed by atoms with Crippen molar-refractivity contribution in [1.29, 1.82) is 0 Å². The fourth-order valence-electron chi connectivity index (χ4n) is 3.80. The van der Waals surface area contributed by atoms with Gasteiger partial charge in [-0.1, -0.05) is 60.2 Å². The third-order valence-corrected chi connectivity index (χ3v) is 6.47. The van der Waals surface area contributed by atoms with E-state index in [4.69, 9.17) is 18.9 Å². The molecule has 8 heteroatoms. The molecule has 1 amide bonds. The van der Waals surface area contributed by atoms with E-state index in [-0.39, 0.29) is 5.91 Å². The van der Waals surface area contributed by atoms with Crippen molar-refractivity contribution in [1.82, 2.24) is 5.43 Å². The number of carbonyl (C=O) groups is 1. The van der Waals surface area contributed by atoms with E-state index in [2.05, 4.69) is 38.6 Å². The van der Waals surface area contributed by atoms with Crippen molar-refractivity contribution in [3.05, 3.63) is 117 Å². The molecule has 0 saturated heterocycles. The van der Waals surface area contributed by atoms with Crippen LogP contribution in [0.2, 0.25) is 0 Å². The Labute approximate surface area is 242 Å². The van der Waals surface area contributed by atoms with Crippen LogP contribution in [0.25, 0.3) is 0 Å². The molecule has 1 N–H and O–H groups in total. The molecule has 4 rings (SSSR count). The molecular weight excluding hydrogens is 572 g/mol. The maximum absolute atomic E-state index is 12.7. The van der Waals surface area contributed by atoms with E-state index in [1.807, 2.05) is 68.4 Å². The van der Waals surface area contributed by atoms with Gasteiger partial charge in [0, 0.05) is 5.56 Å². The summed E-state index contributed by atoms with van der Waals surface area (Å²) in [5, 5.41) is 4.13. The molecule has 0 saturated carbocycles. The smallest absolute Gasteiger partial charge is 0.271 e. The number of rotatable bonds is 12. The molecule has 7 nitrogen and oxygen atoms in total. The third-order valence-electron chi connectivity index (χ3n) is 5.88. The van der Waals surface area contributed by atoms with Crippen molar-refractivity contribution in [2.45, 2.75) is 27.1 Å². The van der Waals surface area contributed by atoms with Crippen molar-refractivity contribution < 1.29 is 23.7 Å². The summed E-state index contributed by atoms with van der Waals surface area (Å²) in [6.45, 7) is 5.22. The highest BCUT2D eigenvalue weighted by atomic mass is 79.9. The van der Waals surface area contributed by atoms with E-state index >= 15 is 0 Å². The summed E-state index contributed by atoms with van der Waals surface area (Å²) in [6.07, 6.45) is 1.55. The van der Waals surface area contributed by atoms with Crippen molar-refractivity contribution >= 4 is 28.1 Å². The number of hydrogen-bond acceptors (Lipinski definition) is 6. The standard InChI is InChI=1S/C32H31BrN2O5/c1-4-38-30-17-25(16-27(33)31(30)40-21-24-12-10-22(2)11-13-24)19-34-35-32(36)26-14-15-28(29(18-26)37-3)39-20-23-8-6-5-7-9-23/h5-19H,4,20-21H2,1-3H3,(H,35,36)/b34-19+. The zero-order valence-corrected chi connectivity index (χ0v) is 24.2. The second-order valence-corrected chi connectivity index (χ2v) is 9.73. The molecule has 0 spiro atoms. The minimum Gasteiger partial charge on any atom is -0.493 e. The van der Waals surface area contributed by atoms with Gasteiger partial charge < -0.3 is 18.9 Å². The quantitative estimate of drug-likeness (QED) is 0.138. The van der Waals surface area contributed by atoms with Gasteiger partial charge in [-0.15, -0.1) is 0 Å². The lowest BCUT2D eigenvalue weighted by molar-refractivity contribution is 0.0954. The van der Waals surface area contributed by atoms with Crippen LogP contribution in [0, 0.1) is 6.92 Å². The van der Waals surface area contributed by atoms with Gasteiger partial charge in [0.15, 0.2) is 23.0 Å². The summed E-state index contributed by atoms with van der Waals surface area (Å²) in [5.41, 5.74) is 6.95. The minimum absolute atomic E-state index is 0.383. The number of hydrazone groups is 1. The maximum atomic E-state index is 12.7. The van der Waals surface area contributed by atoms with Crippen LogP contribution in [0.5, 0.6) is 23.0 Å². The van der Waals surface area contributed by atoms with Gasteiger partial charge in [-0.05, 0) is 76.8 Å². The summed E-state index contributed by atoms with van der Waals surface area (Å²) in [6, 6.07) is 26.7. The molecular formula is C32H31BrN2O5. The minimum atomic E-state index is -0.383. The van der Waals surface area contributed by atoms with Crippen LogP contribution in [0.4, 0.5) is 0 Å². The van der Waals surface area contributed by atoms with Gasteiger partial charge in [-0.25, -0.2) is 5.43 Å². The van der Waals surface area contributed by atoms with Crippen LogP contribution in [-0.4, -0.2) is 25.8 Å². The Morgan fingerprint density at radius 3 is 2.30 bits per heavy atom. The first-order valence-corrected chi connectivity index (χ1v) is 13.6. The zero-order valence-electron chi connectivity index (χ0n) is 22.6. The first-order chi connectivity index (χ1) is 19.5. The molecule has 0 aliphatic carbocycles. The Morgan fingerprint density at radius 2 is 1.57 bits per heavy atom. The maximum Gasteiger partial charge on any atom is 0.271 e. The molecule has 4 aromatic rings. The van der Waals surface area contributed by atoms with Gasteiger partial charge in [0.1, 0.15) is 13.2 Å². The van der Waals surface area contributed by atoms with E-state index in [0.29, 0.717) is 52.9 Å². The predicted molar refractivity (Wildman–Crippen MR) is 160 cm³/mol. The monoisotopic (exact) mass is 602 g/mol. The van der Waals surface area contributed by atoms with Crippen molar-refractivity contribution in [3.63, 3.8) is 0 Å². The van der Waals surface area contributed by atoms with Crippen LogP contribution in [0.3, 0.4) is 0 Å². The molecule has 0 atom stereocenters. The lowest BCUT2D eigenvalue weighted by atomic mass is 10.1. The van der Waals surface area contributed by atoms with Crippen LogP contribution in [0.15, 0.2) is 94.5 Å². The summed E-state index contributed by atoms with van der Waals surface area (Å²) < 4.78 is 23.9. The van der Waals surface area contributed by atoms with E-state index in [9.17, 15) is 4.79 Å². The normalized spacial score (nSPS) is 10.8. The summed E-state index contributed by atoms with van der Waals surface area (Å²) in [7, 11) is 1.53. The van der Waals surface area contributed by atoms with Gasteiger partial charge in [0.25, 0.3) is 5.91 Å². The number of aryl methyl sites for hydroxylation is 1. The van der Waals surface area contributed by atoms with Gasteiger partial charge in [-0.3, -0.25) is 4.79 Å². The average Bonchev–Trinajstić information content (AvgIpc) is 2.97. The molecule has 40 heavy (non-hydrogen) atoms. The number of ether oxygens (including phenoxy) is 4. The Bertz CT molecular complexity index is 1460. The molecule has 0 aliphatic heterocycles. The van der Waals surface area contributed by atoms with Gasteiger partial charge in [0.2, 0.25) is 0 Å². The Morgan fingerprint density at radius 1 is 0.850 bits per heavy atom. The fraction of sp³-hybridized carbons (Fsp3) is 0.188. The summed E-state index contributed by atoms with van der Waals surface area (Å²) in [5.74, 6) is 1.80. The zero-order chi connectivity index (χ0) is 28.3. The van der Waals surface area contributed by atoms with Crippen LogP contribution < -0.4 is 24.4 Å². The Balaban J connectivity index is 1.40. The largest absolute Gasteiger partial charge is 0.493 e. The summed E-state index contributed by atoms with van der Waals surface area (Å²) in [4.78, 5) is 12.7. The van der Waals surface area contributed by atoms with Crippen LogP contribution in [-0.2, 0) is 13.2 Å². The molecule has 0 bridgehead atoms. The second kappa shape index (κ2) is 14.2.